The maximum atomic E-state index is 11.8. The molecule has 15 heavy (non-hydrogen) atoms. The van der Waals surface area contributed by atoms with Crippen molar-refractivity contribution in [1.29, 1.82) is 0 Å². The van der Waals surface area contributed by atoms with Crippen LogP contribution in [0.2, 0.25) is 0 Å². The van der Waals surface area contributed by atoms with Gasteiger partial charge < -0.3 is 10.4 Å². The lowest BCUT2D eigenvalue weighted by molar-refractivity contribution is -0.0328. The molecule has 0 spiro atoms. The number of aliphatic hydroxyl groups excluding tert-OH is 1. The molecule has 0 aliphatic rings. The number of aliphatic hydroxyl groups is 1. The standard InChI is InChI=1S/C9H18F3NOS/c1-3-8(2,4-6-14)13-5-7-15-9(10,11)12/h13-14H,3-7H2,1-2H3. The fourth-order valence-electron chi connectivity index (χ4n) is 1.16. The SMILES string of the molecule is CCC(C)(CCO)NCCSC(F)(F)F. The number of halogens is 3. The van der Waals surface area contributed by atoms with E-state index in [0.717, 1.165) is 6.42 Å². The van der Waals surface area contributed by atoms with Gasteiger partial charge in [0.05, 0.1) is 0 Å². The van der Waals surface area contributed by atoms with Crippen LogP contribution in [0.15, 0.2) is 0 Å². The number of hydrogen-bond donors (Lipinski definition) is 2. The first-order valence-corrected chi connectivity index (χ1v) is 5.88. The smallest absolute Gasteiger partial charge is 0.396 e. The number of rotatable bonds is 7. The zero-order valence-corrected chi connectivity index (χ0v) is 9.84. The summed E-state index contributed by atoms with van der Waals surface area (Å²) in [5.41, 5.74) is -4.41. The number of alkyl halides is 3. The molecule has 0 aliphatic carbocycles. The van der Waals surface area contributed by atoms with Crippen LogP contribution in [0.3, 0.4) is 0 Å². The molecule has 6 heteroatoms. The minimum atomic E-state index is -4.15. The highest BCUT2D eigenvalue weighted by molar-refractivity contribution is 8.00. The monoisotopic (exact) mass is 245 g/mol. The van der Waals surface area contributed by atoms with Crippen LogP contribution in [-0.2, 0) is 0 Å². The second kappa shape index (κ2) is 6.60. The molecule has 0 aromatic carbocycles. The first kappa shape index (κ1) is 15.1. The lowest BCUT2D eigenvalue weighted by Crippen LogP contribution is -2.43. The fourth-order valence-corrected chi connectivity index (χ4v) is 1.59. The van der Waals surface area contributed by atoms with Gasteiger partial charge in [0.25, 0.3) is 0 Å². The molecule has 2 N–H and O–H groups in total. The van der Waals surface area contributed by atoms with Gasteiger partial charge in [0.2, 0.25) is 0 Å². The molecule has 92 valence electrons. The molecule has 0 fully saturated rings. The van der Waals surface area contributed by atoms with Crippen molar-refractivity contribution < 1.29 is 18.3 Å². The molecule has 0 aromatic heterocycles. The third kappa shape index (κ3) is 7.93. The largest absolute Gasteiger partial charge is 0.441 e. The Kier molecular flexibility index (Phi) is 6.63. The van der Waals surface area contributed by atoms with Gasteiger partial charge in [-0.2, -0.15) is 13.2 Å². The maximum absolute atomic E-state index is 11.8. The molecule has 0 rings (SSSR count). The van der Waals surface area contributed by atoms with Gasteiger partial charge in [-0.1, -0.05) is 6.92 Å². The molecule has 0 saturated heterocycles. The Bertz CT molecular complexity index is 177. The van der Waals surface area contributed by atoms with E-state index in [1.807, 2.05) is 13.8 Å². The van der Waals surface area contributed by atoms with Crippen LogP contribution in [0.5, 0.6) is 0 Å². The van der Waals surface area contributed by atoms with E-state index < -0.39 is 5.51 Å². The van der Waals surface area contributed by atoms with Crippen molar-refractivity contribution in [1.82, 2.24) is 5.32 Å². The minimum absolute atomic E-state index is 0.00448. The molecule has 1 unspecified atom stereocenters. The summed E-state index contributed by atoms with van der Waals surface area (Å²) in [6.45, 7) is 4.19. The summed E-state index contributed by atoms with van der Waals surface area (Å²) in [6.07, 6.45) is 1.34. The predicted octanol–water partition coefficient (Wildman–Crippen LogP) is 2.38. The third-order valence-corrected chi connectivity index (χ3v) is 3.10. The van der Waals surface area contributed by atoms with Crippen molar-refractivity contribution >= 4 is 11.8 Å². The average Bonchev–Trinajstić information content (AvgIpc) is 2.12. The van der Waals surface area contributed by atoms with Crippen molar-refractivity contribution in [3.8, 4) is 0 Å². The number of nitrogens with one attached hydrogen (secondary N) is 1. The summed E-state index contributed by atoms with van der Waals surface area (Å²) in [5.74, 6) is 0.00448. The summed E-state index contributed by atoms with van der Waals surface area (Å²) in [7, 11) is 0. The van der Waals surface area contributed by atoms with Crippen LogP contribution in [-0.4, -0.2) is 35.1 Å². The summed E-state index contributed by atoms with van der Waals surface area (Å²) in [6, 6.07) is 0. The topological polar surface area (TPSA) is 32.3 Å². The van der Waals surface area contributed by atoms with Crippen LogP contribution in [0.25, 0.3) is 0 Å². The molecule has 0 radical (unpaired) electrons. The number of thioether (sulfide) groups is 1. The molecule has 0 bridgehead atoms. The zero-order chi connectivity index (χ0) is 11.9. The van der Waals surface area contributed by atoms with E-state index in [2.05, 4.69) is 5.32 Å². The molecule has 1 atom stereocenters. The molecule has 0 aromatic rings. The van der Waals surface area contributed by atoms with Crippen LogP contribution in [0, 0.1) is 0 Å². The van der Waals surface area contributed by atoms with Gasteiger partial charge in [0, 0.05) is 24.4 Å². The summed E-state index contributed by atoms with van der Waals surface area (Å²) >= 11 is -0.0222. The Balaban J connectivity index is 3.73. The highest BCUT2D eigenvalue weighted by Gasteiger charge is 2.28. The Labute approximate surface area is 92.6 Å². The lowest BCUT2D eigenvalue weighted by atomic mass is 9.95. The highest BCUT2D eigenvalue weighted by atomic mass is 32.2. The molecule has 2 nitrogen and oxygen atoms in total. The third-order valence-electron chi connectivity index (χ3n) is 2.36. The summed E-state index contributed by atoms with van der Waals surface area (Å²) in [5, 5.41) is 11.8. The minimum Gasteiger partial charge on any atom is -0.396 e. The molecule has 0 aliphatic heterocycles. The zero-order valence-electron chi connectivity index (χ0n) is 9.02. The Hall–Kier alpha value is 0.0600. The fraction of sp³-hybridized carbons (Fsp3) is 1.00. The van der Waals surface area contributed by atoms with Crippen LogP contribution >= 0.6 is 11.8 Å². The number of hydrogen-bond acceptors (Lipinski definition) is 3. The van der Waals surface area contributed by atoms with E-state index in [4.69, 9.17) is 5.11 Å². The van der Waals surface area contributed by atoms with Crippen molar-refractivity contribution in [2.45, 2.75) is 37.7 Å². The van der Waals surface area contributed by atoms with Gasteiger partial charge >= 0.3 is 5.51 Å². The van der Waals surface area contributed by atoms with Crippen molar-refractivity contribution in [3.63, 3.8) is 0 Å². The molecule has 0 saturated carbocycles. The summed E-state index contributed by atoms with van der Waals surface area (Å²) in [4.78, 5) is 0. The van der Waals surface area contributed by atoms with Crippen LogP contribution < -0.4 is 5.32 Å². The first-order chi connectivity index (χ1) is 6.83. The van der Waals surface area contributed by atoms with Gasteiger partial charge in [0.1, 0.15) is 0 Å². The van der Waals surface area contributed by atoms with Crippen LogP contribution in [0.4, 0.5) is 13.2 Å². The van der Waals surface area contributed by atoms with Crippen molar-refractivity contribution in [3.05, 3.63) is 0 Å². The van der Waals surface area contributed by atoms with Gasteiger partial charge in [-0.05, 0) is 31.5 Å². The van der Waals surface area contributed by atoms with E-state index in [1.165, 1.54) is 0 Å². The first-order valence-electron chi connectivity index (χ1n) is 4.89. The predicted molar refractivity (Wildman–Crippen MR) is 56.9 cm³/mol. The maximum Gasteiger partial charge on any atom is 0.441 e. The van der Waals surface area contributed by atoms with E-state index in [9.17, 15) is 13.2 Å². The summed E-state index contributed by atoms with van der Waals surface area (Å²) < 4.78 is 35.4. The molecule has 0 heterocycles. The Morgan fingerprint density at radius 2 is 1.93 bits per heavy atom. The lowest BCUT2D eigenvalue weighted by Gasteiger charge is -2.29. The van der Waals surface area contributed by atoms with E-state index in [0.29, 0.717) is 13.0 Å². The average molecular weight is 245 g/mol. The van der Waals surface area contributed by atoms with E-state index in [-0.39, 0.29) is 29.7 Å². The van der Waals surface area contributed by atoms with Crippen LogP contribution in [0.1, 0.15) is 26.7 Å². The highest BCUT2D eigenvalue weighted by Crippen LogP contribution is 2.29. The van der Waals surface area contributed by atoms with E-state index in [1.54, 1.807) is 0 Å². The Morgan fingerprint density at radius 1 is 1.33 bits per heavy atom. The Morgan fingerprint density at radius 3 is 2.33 bits per heavy atom. The second-order valence-electron chi connectivity index (χ2n) is 3.61. The van der Waals surface area contributed by atoms with Gasteiger partial charge in [0.15, 0.2) is 0 Å². The van der Waals surface area contributed by atoms with Gasteiger partial charge in [-0.15, -0.1) is 0 Å². The second-order valence-corrected chi connectivity index (χ2v) is 4.77. The van der Waals surface area contributed by atoms with Crippen molar-refractivity contribution in [2.75, 3.05) is 18.9 Å². The molecular weight excluding hydrogens is 227 g/mol. The quantitative estimate of drug-likeness (QED) is 0.675. The van der Waals surface area contributed by atoms with Gasteiger partial charge in [-0.25, -0.2) is 0 Å². The van der Waals surface area contributed by atoms with Crippen molar-refractivity contribution in [2.24, 2.45) is 0 Å². The van der Waals surface area contributed by atoms with Gasteiger partial charge in [-0.3, -0.25) is 0 Å². The molecule has 0 amide bonds. The van der Waals surface area contributed by atoms with E-state index >= 15 is 0 Å². The normalized spacial score (nSPS) is 16.4. The molecular formula is C9H18F3NOS.